The topological polar surface area (TPSA) is 23.8 Å². The molecule has 2 heteroatoms. The van der Waals surface area contributed by atoms with Crippen molar-refractivity contribution < 1.29 is 0 Å². The van der Waals surface area contributed by atoms with Crippen LogP contribution in [0.2, 0.25) is 25.7 Å². The first-order valence-electron chi connectivity index (χ1n) is 6.47. The van der Waals surface area contributed by atoms with Gasteiger partial charge in [0.15, 0.2) is 0 Å². The van der Waals surface area contributed by atoms with Crippen LogP contribution in [0.4, 0.5) is 0 Å². The molecule has 1 aliphatic carbocycles. The Kier molecular flexibility index (Phi) is 3.14. The normalized spacial score (nSPS) is 23.9. The second-order valence-electron chi connectivity index (χ2n) is 6.44. The van der Waals surface area contributed by atoms with Crippen molar-refractivity contribution in [2.24, 2.45) is 0 Å². The predicted molar refractivity (Wildman–Crippen MR) is 74.8 cm³/mol. The highest BCUT2D eigenvalue weighted by Gasteiger charge is 2.40. The number of rotatable bonds is 2. The number of nitrogens with zero attached hydrogens (tertiary/aromatic N) is 1. The Morgan fingerprint density at radius 2 is 2.00 bits per heavy atom. The number of fused-ring (bicyclic) bond motifs is 1. The lowest BCUT2D eigenvalue weighted by Gasteiger charge is -2.37. The predicted octanol–water partition coefficient (Wildman–Crippen LogP) is 4.12. The zero-order chi connectivity index (χ0) is 12.5. The van der Waals surface area contributed by atoms with Gasteiger partial charge in [-0.05, 0) is 36.4 Å². The molecule has 0 amide bonds. The summed E-state index contributed by atoms with van der Waals surface area (Å²) in [6.45, 7) is 7.09. The Balaban J connectivity index is 2.47. The number of nitriles is 1. The first-order valence-corrected chi connectivity index (χ1v) is 10.2. The highest BCUT2D eigenvalue weighted by molar-refractivity contribution is 6.76. The molecule has 1 aromatic carbocycles. The van der Waals surface area contributed by atoms with E-state index in [4.69, 9.17) is 0 Å². The van der Waals surface area contributed by atoms with Crippen LogP contribution >= 0.6 is 0 Å². The maximum atomic E-state index is 9.72. The Labute approximate surface area is 105 Å². The van der Waals surface area contributed by atoms with Crippen molar-refractivity contribution in [1.82, 2.24) is 0 Å². The Hall–Kier alpha value is -1.07. The van der Waals surface area contributed by atoms with E-state index in [1.54, 1.807) is 0 Å². The quantitative estimate of drug-likeness (QED) is 0.717. The van der Waals surface area contributed by atoms with Gasteiger partial charge in [-0.15, -0.1) is 0 Å². The van der Waals surface area contributed by atoms with Gasteiger partial charge in [-0.3, -0.25) is 0 Å². The van der Waals surface area contributed by atoms with E-state index in [0.717, 1.165) is 25.3 Å². The molecule has 0 radical (unpaired) electrons. The fraction of sp³-hybridized carbons (Fsp3) is 0.533. The van der Waals surface area contributed by atoms with Gasteiger partial charge in [-0.1, -0.05) is 43.9 Å². The van der Waals surface area contributed by atoms with Gasteiger partial charge >= 0.3 is 0 Å². The van der Waals surface area contributed by atoms with Crippen LogP contribution in [0.5, 0.6) is 0 Å². The van der Waals surface area contributed by atoms with Crippen molar-refractivity contribution >= 4 is 8.07 Å². The van der Waals surface area contributed by atoms with E-state index in [1.807, 2.05) is 0 Å². The molecule has 0 saturated heterocycles. The Morgan fingerprint density at radius 1 is 1.29 bits per heavy atom. The lowest BCUT2D eigenvalue weighted by atomic mass is 9.72. The maximum Gasteiger partial charge on any atom is 0.0801 e. The van der Waals surface area contributed by atoms with Gasteiger partial charge < -0.3 is 0 Å². The summed E-state index contributed by atoms with van der Waals surface area (Å²) < 4.78 is 0. The molecule has 1 aromatic rings. The number of hydrogen-bond donors (Lipinski definition) is 0. The lowest BCUT2D eigenvalue weighted by molar-refractivity contribution is 0.486. The Morgan fingerprint density at radius 3 is 2.65 bits per heavy atom. The van der Waals surface area contributed by atoms with Crippen molar-refractivity contribution in [2.45, 2.75) is 50.4 Å². The molecule has 0 bridgehead atoms. The van der Waals surface area contributed by atoms with Gasteiger partial charge in [0.2, 0.25) is 0 Å². The lowest BCUT2D eigenvalue weighted by Crippen LogP contribution is -2.37. The molecule has 0 fully saturated rings. The number of aryl methyl sites for hydroxylation is 1. The standard InChI is InChI=1S/C15H21NSi/c1-17(2,3)12-15(11-16)10-6-8-13-7-4-5-9-14(13)15/h4-5,7,9H,6,8,10,12H2,1-3H3. The van der Waals surface area contributed by atoms with Gasteiger partial charge in [-0.25, -0.2) is 0 Å². The van der Waals surface area contributed by atoms with Crippen LogP contribution in [0.3, 0.4) is 0 Å². The molecule has 1 unspecified atom stereocenters. The van der Waals surface area contributed by atoms with Crippen molar-refractivity contribution in [3.05, 3.63) is 35.4 Å². The van der Waals surface area contributed by atoms with E-state index in [1.165, 1.54) is 11.1 Å². The summed E-state index contributed by atoms with van der Waals surface area (Å²) in [6, 6.07) is 12.3. The van der Waals surface area contributed by atoms with E-state index in [2.05, 4.69) is 50.0 Å². The second kappa shape index (κ2) is 4.31. The zero-order valence-electron chi connectivity index (χ0n) is 11.1. The van der Waals surface area contributed by atoms with Crippen LogP contribution in [0.1, 0.15) is 24.0 Å². The third-order valence-electron chi connectivity index (χ3n) is 3.63. The summed E-state index contributed by atoms with van der Waals surface area (Å²) in [5.41, 5.74) is 2.52. The van der Waals surface area contributed by atoms with Crippen LogP contribution in [0.25, 0.3) is 0 Å². The van der Waals surface area contributed by atoms with Gasteiger partial charge in [0, 0.05) is 8.07 Å². The highest BCUT2D eigenvalue weighted by Crippen LogP contribution is 2.42. The van der Waals surface area contributed by atoms with Crippen LogP contribution in [-0.2, 0) is 11.8 Å². The maximum absolute atomic E-state index is 9.72. The van der Waals surface area contributed by atoms with Crippen LogP contribution in [-0.4, -0.2) is 8.07 Å². The smallest absolute Gasteiger partial charge is 0.0801 e. The minimum Gasteiger partial charge on any atom is -0.197 e. The van der Waals surface area contributed by atoms with Gasteiger partial charge in [0.25, 0.3) is 0 Å². The average molecular weight is 243 g/mol. The summed E-state index contributed by atoms with van der Waals surface area (Å²) in [6.07, 6.45) is 3.35. The van der Waals surface area contributed by atoms with Gasteiger partial charge in [0.05, 0.1) is 11.5 Å². The molecule has 0 heterocycles. The third-order valence-corrected chi connectivity index (χ3v) is 5.29. The molecule has 1 atom stereocenters. The molecule has 0 saturated carbocycles. The van der Waals surface area contributed by atoms with Crippen LogP contribution in [0.15, 0.2) is 24.3 Å². The molecule has 0 N–H and O–H groups in total. The molecular formula is C15H21NSi. The van der Waals surface area contributed by atoms with E-state index in [0.29, 0.717) is 0 Å². The molecular weight excluding hydrogens is 222 g/mol. The summed E-state index contributed by atoms with van der Waals surface area (Å²) >= 11 is 0. The van der Waals surface area contributed by atoms with Gasteiger partial charge in [-0.2, -0.15) is 5.26 Å². The molecule has 2 rings (SSSR count). The SMILES string of the molecule is C[Si](C)(C)CC1(C#N)CCCc2ccccc21. The molecule has 0 spiro atoms. The fourth-order valence-electron chi connectivity index (χ4n) is 3.17. The molecule has 0 aliphatic heterocycles. The molecule has 17 heavy (non-hydrogen) atoms. The number of benzene rings is 1. The molecule has 1 nitrogen and oxygen atoms in total. The van der Waals surface area contributed by atoms with E-state index >= 15 is 0 Å². The monoisotopic (exact) mass is 243 g/mol. The largest absolute Gasteiger partial charge is 0.197 e. The first kappa shape index (κ1) is 12.4. The second-order valence-corrected chi connectivity index (χ2v) is 11.9. The zero-order valence-corrected chi connectivity index (χ0v) is 12.1. The average Bonchev–Trinajstić information content (AvgIpc) is 2.27. The van der Waals surface area contributed by atoms with Crippen LogP contribution in [0, 0.1) is 11.3 Å². The number of hydrogen-bond acceptors (Lipinski definition) is 1. The fourth-order valence-corrected chi connectivity index (χ4v) is 5.42. The van der Waals surface area contributed by atoms with E-state index < -0.39 is 8.07 Å². The van der Waals surface area contributed by atoms with Crippen LogP contribution < -0.4 is 0 Å². The summed E-state index contributed by atoms with van der Waals surface area (Å²) in [4.78, 5) is 0. The minimum absolute atomic E-state index is 0.195. The van der Waals surface area contributed by atoms with E-state index in [9.17, 15) is 5.26 Å². The summed E-state index contributed by atoms with van der Waals surface area (Å²) in [7, 11) is -1.23. The molecule has 1 aliphatic rings. The first-order chi connectivity index (χ1) is 7.97. The molecule has 90 valence electrons. The van der Waals surface area contributed by atoms with Crippen molar-refractivity contribution in [3.8, 4) is 6.07 Å². The van der Waals surface area contributed by atoms with Crippen molar-refractivity contribution in [3.63, 3.8) is 0 Å². The van der Waals surface area contributed by atoms with Gasteiger partial charge in [0.1, 0.15) is 0 Å². The summed E-state index contributed by atoms with van der Waals surface area (Å²) in [5.74, 6) is 0. The minimum atomic E-state index is -1.23. The third kappa shape index (κ3) is 2.45. The summed E-state index contributed by atoms with van der Waals surface area (Å²) in [5, 5.41) is 9.72. The highest BCUT2D eigenvalue weighted by atomic mass is 28.3. The van der Waals surface area contributed by atoms with Crippen molar-refractivity contribution in [2.75, 3.05) is 0 Å². The Bertz CT molecular complexity index is 453. The van der Waals surface area contributed by atoms with E-state index in [-0.39, 0.29) is 5.41 Å². The molecule has 0 aromatic heterocycles. The van der Waals surface area contributed by atoms with Crippen molar-refractivity contribution in [1.29, 1.82) is 5.26 Å².